The second kappa shape index (κ2) is 16.8. The van der Waals surface area contributed by atoms with Crippen LogP contribution in [0.3, 0.4) is 0 Å². The fourth-order valence-electron chi connectivity index (χ4n) is 8.12. The van der Waals surface area contributed by atoms with E-state index in [-0.39, 0.29) is 61.1 Å². The van der Waals surface area contributed by atoms with E-state index in [2.05, 4.69) is 33.1 Å². The van der Waals surface area contributed by atoms with Crippen molar-refractivity contribution in [2.24, 2.45) is 22.7 Å². The van der Waals surface area contributed by atoms with Crippen LogP contribution in [0.1, 0.15) is 91.5 Å². The molecule has 288 valence electrons. The van der Waals surface area contributed by atoms with Crippen molar-refractivity contribution in [2.75, 3.05) is 18.8 Å². The summed E-state index contributed by atoms with van der Waals surface area (Å²) in [5.74, 6) is 1.44. The molecule has 1 aromatic carbocycles. The minimum absolute atomic E-state index is 0.00361. The number of likely N-dealkylation sites (tertiary alicyclic amines) is 1. The molecule has 3 fully saturated rings. The molecular weight excluding hydrogens is 695 g/mol. The largest absolute Gasteiger partial charge is 0.348 e. The molecule has 5 atom stereocenters. The van der Waals surface area contributed by atoms with Crippen LogP contribution in [-0.2, 0) is 34.8 Å². The van der Waals surface area contributed by atoms with Crippen LogP contribution >= 0.6 is 0 Å². The highest BCUT2D eigenvalue weighted by atomic mass is 32.2. The molecular formula is C40H55N5O7S. The Balaban J connectivity index is 1.53. The Morgan fingerprint density at radius 2 is 1.60 bits per heavy atom. The van der Waals surface area contributed by atoms with Crippen LogP contribution in [0.2, 0.25) is 0 Å². The molecule has 4 rings (SSSR count). The van der Waals surface area contributed by atoms with E-state index in [9.17, 15) is 32.4 Å². The molecule has 1 heterocycles. The van der Waals surface area contributed by atoms with Crippen LogP contribution in [0.15, 0.2) is 30.3 Å². The molecule has 53 heavy (non-hydrogen) atoms. The molecule has 2 saturated carbocycles. The molecule has 3 unspecified atom stereocenters. The van der Waals surface area contributed by atoms with E-state index >= 15 is 0 Å². The lowest BCUT2D eigenvalue weighted by Gasteiger charge is -2.40. The van der Waals surface area contributed by atoms with Gasteiger partial charge in [0.15, 0.2) is 9.84 Å². The highest BCUT2D eigenvalue weighted by molar-refractivity contribution is 7.90. The summed E-state index contributed by atoms with van der Waals surface area (Å²) in [6.45, 7) is 9.82. The molecule has 5 amide bonds. The van der Waals surface area contributed by atoms with Crippen LogP contribution in [0.25, 0.3) is 0 Å². The number of piperidine rings is 1. The molecule has 1 aliphatic heterocycles. The lowest BCUT2D eigenvalue weighted by atomic mass is 9.83. The molecule has 13 heteroatoms. The van der Waals surface area contributed by atoms with E-state index < -0.39 is 68.5 Å². The van der Waals surface area contributed by atoms with Crippen molar-refractivity contribution in [3.8, 4) is 24.7 Å². The molecule has 0 spiro atoms. The number of carbonyl (C=O) groups is 5. The zero-order chi connectivity index (χ0) is 39.2. The first-order chi connectivity index (χ1) is 24.9. The second-order valence-electron chi connectivity index (χ2n) is 16.5. The molecule has 0 radical (unpaired) electrons. The Hall–Kier alpha value is -4.36. The lowest BCUT2D eigenvalue weighted by Crippen LogP contribution is -2.64. The molecule has 12 nitrogen and oxygen atoms in total. The summed E-state index contributed by atoms with van der Waals surface area (Å²) < 4.78 is 26.9. The average Bonchev–Trinajstić information content (AvgIpc) is 3.38. The van der Waals surface area contributed by atoms with Gasteiger partial charge in [0.1, 0.15) is 12.1 Å². The predicted octanol–water partition coefficient (Wildman–Crippen LogP) is 3.11. The predicted molar refractivity (Wildman–Crippen MR) is 202 cm³/mol. The maximum Gasteiger partial charge on any atom is 0.315 e. The van der Waals surface area contributed by atoms with Crippen LogP contribution < -0.4 is 21.3 Å². The third kappa shape index (κ3) is 10.2. The minimum Gasteiger partial charge on any atom is -0.348 e. The smallest absolute Gasteiger partial charge is 0.315 e. The van der Waals surface area contributed by atoms with E-state index in [1.165, 1.54) is 4.90 Å². The van der Waals surface area contributed by atoms with Gasteiger partial charge in [0.05, 0.1) is 23.1 Å². The van der Waals surface area contributed by atoms with Crippen molar-refractivity contribution in [1.82, 2.24) is 26.2 Å². The van der Waals surface area contributed by atoms with Crippen molar-refractivity contribution in [1.29, 1.82) is 0 Å². The highest BCUT2D eigenvalue weighted by Gasteiger charge is 2.70. The van der Waals surface area contributed by atoms with Gasteiger partial charge in [0, 0.05) is 25.9 Å². The SMILES string of the molecule is C#CCCNC(=O)C(=O)C(CCC#C)NC(=O)[C@@H]1C2C(CN1C(=O)[C@@H](NC(=O)NC1(CS(=O)(=O)Cc3ccccc3)CCCCC1)C(C)(C)C)C2(C)C. The number of sulfone groups is 1. The summed E-state index contributed by atoms with van der Waals surface area (Å²) in [6.07, 6.45) is 14.5. The van der Waals surface area contributed by atoms with Crippen molar-refractivity contribution in [3.63, 3.8) is 0 Å². The van der Waals surface area contributed by atoms with Crippen molar-refractivity contribution in [3.05, 3.63) is 35.9 Å². The zero-order valence-electron chi connectivity index (χ0n) is 31.6. The number of Topliss-reactive ketones (excluding diaryl/α,β-unsaturated/α-hetero) is 1. The summed E-state index contributed by atoms with van der Waals surface area (Å²) in [7, 11) is -3.62. The summed E-state index contributed by atoms with van der Waals surface area (Å²) in [5.41, 5.74) is -1.40. The fourth-order valence-corrected chi connectivity index (χ4v) is 10.1. The number of ketones is 1. The van der Waals surface area contributed by atoms with Crippen molar-refractivity contribution in [2.45, 2.75) is 115 Å². The molecule has 0 bridgehead atoms. The molecule has 1 saturated heterocycles. The number of nitrogens with zero attached hydrogens (tertiary/aromatic N) is 1. The van der Waals surface area contributed by atoms with Crippen molar-refractivity contribution >= 4 is 39.4 Å². The topological polar surface area (TPSA) is 171 Å². The average molecular weight is 750 g/mol. The van der Waals surface area contributed by atoms with Crippen LogP contribution in [-0.4, -0.2) is 85.4 Å². The first-order valence-electron chi connectivity index (χ1n) is 18.5. The van der Waals surface area contributed by atoms with Gasteiger partial charge in [-0.1, -0.05) is 84.2 Å². The number of benzene rings is 1. The number of amides is 5. The summed E-state index contributed by atoms with van der Waals surface area (Å²) in [6, 6.07) is 5.00. The minimum atomic E-state index is -3.62. The number of urea groups is 1. The van der Waals surface area contributed by atoms with E-state index in [0.717, 1.165) is 19.3 Å². The summed E-state index contributed by atoms with van der Waals surface area (Å²) in [4.78, 5) is 69.7. The molecule has 2 aliphatic carbocycles. The Bertz CT molecular complexity index is 1730. The maximum absolute atomic E-state index is 14.5. The Kier molecular flexibility index (Phi) is 13.1. The standard InChI is InChI=1S/C40H55N5O7S/c1-8-10-20-29(32(46)35(48)41-23-11-9-2)42-34(47)31-30-28(39(30,6)7)24-45(31)36(49)33(38(3,4)5)43-37(50)44-40(21-16-13-17-22-40)26-53(51,52)25-27-18-14-12-15-19-27/h1-2,12,14-15,18-19,28-31,33H,10-11,13,16-17,20-26H2,3-7H3,(H,41,48)(H,42,47)(H2,43,44,50)/t28?,29?,30?,31-,33+/m0/s1. The van der Waals surface area contributed by atoms with Gasteiger partial charge in [-0.15, -0.1) is 24.7 Å². The van der Waals surface area contributed by atoms with Crippen LogP contribution in [0, 0.1) is 47.4 Å². The van der Waals surface area contributed by atoms with Gasteiger partial charge in [0.2, 0.25) is 17.6 Å². The number of fused-ring (bicyclic) bond motifs is 1. The van der Waals surface area contributed by atoms with E-state index in [0.29, 0.717) is 18.4 Å². The van der Waals surface area contributed by atoms with Gasteiger partial charge in [-0.2, -0.15) is 0 Å². The number of nitrogens with one attached hydrogen (secondary N) is 4. The fraction of sp³-hybridized carbons (Fsp3) is 0.625. The number of rotatable bonds is 15. The van der Waals surface area contributed by atoms with E-state index in [1.807, 2.05) is 19.9 Å². The summed E-state index contributed by atoms with van der Waals surface area (Å²) in [5, 5.41) is 11.1. The summed E-state index contributed by atoms with van der Waals surface area (Å²) >= 11 is 0. The normalized spacial score (nSPS) is 22.5. The molecule has 0 aromatic heterocycles. The highest BCUT2D eigenvalue weighted by Crippen LogP contribution is 2.65. The second-order valence-corrected chi connectivity index (χ2v) is 18.6. The van der Waals surface area contributed by atoms with Gasteiger partial charge in [-0.25, -0.2) is 13.2 Å². The van der Waals surface area contributed by atoms with Gasteiger partial charge < -0.3 is 26.2 Å². The van der Waals surface area contributed by atoms with Gasteiger partial charge in [-0.3, -0.25) is 19.2 Å². The Morgan fingerprint density at radius 1 is 0.962 bits per heavy atom. The van der Waals surface area contributed by atoms with Crippen LogP contribution in [0.5, 0.6) is 0 Å². The maximum atomic E-state index is 14.5. The lowest BCUT2D eigenvalue weighted by molar-refractivity contribution is -0.145. The zero-order valence-corrected chi connectivity index (χ0v) is 32.4. The number of hydrogen-bond donors (Lipinski definition) is 4. The van der Waals surface area contributed by atoms with Gasteiger partial charge in [0.25, 0.3) is 5.91 Å². The third-order valence-electron chi connectivity index (χ3n) is 11.1. The van der Waals surface area contributed by atoms with Gasteiger partial charge >= 0.3 is 6.03 Å². The van der Waals surface area contributed by atoms with Gasteiger partial charge in [-0.05, 0) is 47.5 Å². The third-order valence-corrected chi connectivity index (χ3v) is 12.8. The quantitative estimate of drug-likeness (QED) is 0.121. The van der Waals surface area contributed by atoms with Crippen molar-refractivity contribution < 1.29 is 32.4 Å². The van der Waals surface area contributed by atoms with E-state index in [4.69, 9.17) is 12.8 Å². The number of hydrogen-bond acceptors (Lipinski definition) is 7. The monoisotopic (exact) mass is 749 g/mol. The molecule has 1 aromatic rings. The van der Waals surface area contributed by atoms with Crippen LogP contribution in [0.4, 0.5) is 4.79 Å². The first kappa shape index (κ1) is 41.4. The molecule has 4 N–H and O–H groups in total. The van der Waals surface area contributed by atoms with E-state index in [1.54, 1.807) is 45.0 Å². The Labute approximate surface area is 314 Å². The molecule has 3 aliphatic rings. The number of carbonyl (C=O) groups excluding carboxylic acids is 5. The first-order valence-corrected chi connectivity index (χ1v) is 20.3. The Morgan fingerprint density at radius 3 is 2.21 bits per heavy atom. The number of terminal acetylenes is 2.